The normalized spacial score (nSPS) is 28.4. The Labute approximate surface area is 133 Å². The molecule has 7 heteroatoms. The number of nitrogens with zero attached hydrogens (tertiary/aromatic N) is 1. The lowest BCUT2D eigenvalue weighted by molar-refractivity contribution is -0.385. The van der Waals surface area contributed by atoms with Gasteiger partial charge in [0.05, 0.1) is 18.0 Å². The molecule has 2 aliphatic carbocycles. The fourth-order valence-electron chi connectivity index (χ4n) is 4.03. The predicted octanol–water partition coefficient (Wildman–Crippen LogP) is 1.91. The van der Waals surface area contributed by atoms with E-state index in [2.05, 4.69) is 5.32 Å². The summed E-state index contributed by atoms with van der Waals surface area (Å²) in [7, 11) is 1.34. The molecule has 2 saturated carbocycles. The van der Waals surface area contributed by atoms with Crippen molar-refractivity contribution in [1.82, 2.24) is 5.32 Å². The lowest BCUT2D eigenvalue weighted by atomic mass is 9.84. The molecule has 7 nitrogen and oxygen atoms in total. The number of hydrogen-bond donors (Lipinski definition) is 1. The number of carbonyl (C=O) groups is 2. The number of fused-ring (bicyclic) bond motifs is 2. The van der Waals surface area contributed by atoms with Crippen LogP contribution in [0.1, 0.15) is 29.6 Å². The second kappa shape index (κ2) is 5.98. The zero-order valence-electron chi connectivity index (χ0n) is 12.7. The molecule has 2 aliphatic rings. The van der Waals surface area contributed by atoms with E-state index < -0.39 is 10.8 Å². The zero-order valence-corrected chi connectivity index (χ0v) is 12.7. The van der Waals surface area contributed by atoms with Gasteiger partial charge in [-0.1, -0.05) is 12.1 Å². The maximum absolute atomic E-state index is 12.5. The van der Waals surface area contributed by atoms with E-state index in [0.717, 1.165) is 19.3 Å². The maximum Gasteiger partial charge on any atom is 0.311 e. The van der Waals surface area contributed by atoms with E-state index in [1.807, 2.05) is 0 Å². The average molecular weight is 318 g/mol. The number of amides is 1. The highest BCUT2D eigenvalue weighted by Gasteiger charge is 2.52. The topological polar surface area (TPSA) is 98.5 Å². The highest BCUT2D eigenvalue weighted by atomic mass is 16.6. The summed E-state index contributed by atoms with van der Waals surface area (Å²) in [5, 5.41) is 13.9. The van der Waals surface area contributed by atoms with Gasteiger partial charge in [0.25, 0.3) is 11.6 Å². The highest BCUT2D eigenvalue weighted by Crippen LogP contribution is 2.49. The molecule has 3 rings (SSSR count). The molecule has 0 spiro atoms. The summed E-state index contributed by atoms with van der Waals surface area (Å²) in [6.45, 7) is 0. The Kier molecular flexibility index (Phi) is 4.02. The number of ether oxygens (including phenoxy) is 1. The van der Waals surface area contributed by atoms with E-state index in [-0.39, 0.29) is 41.0 Å². The summed E-state index contributed by atoms with van der Waals surface area (Å²) in [6, 6.07) is 5.51. The molecular weight excluding hydrogens is 300 g/mol. The van der Waals surface area contributed by atoms with Crippen molar-refractivity contribution in [2.24, 2.45) is 17.8 Å². The molecule has 0 aromatic heterocycles. The van der Waals surface area contributed by atoms with Crippen LogP contribution in [0.3, 0.4) is 0 Å². The van der Waals surface area contributed by atoms with Crippen LogP contribution in [0, 0.1) is 27.9 Å². The van der Waals surface area contributed by atoms with Crippen LogP contribution in [0.25, 0.3) is 0 Å². The third-order valence-electron chi connectivity index (χ3n) is 5.03. The molecule has 23 heavy (non-hydrogen) atoms. The molecule has 1 N–H and O–H groups in total. The van der Waals surface area contributed by atoms with Crippen molar-refractivity contribution in [3.05, 3.63) is 39.9 Å². The number of benzene rings is 1. The van der Waals surface area contributed by atoms with Crippen LogP contribution in [-0.2, 0) is 9.53 Å². The van der Waals surface area contributed by atoms with Gasteiger partial charge in [-0.05, 0) is 37.2 Å². The largest absolute Gasteiger partial charge is 0.469 e. The first-order chi connectivity index (χ1) is 11.0. The summed E-state index contributed by atoms with van der Waals surface area (Å²) in [4.78, 5) is 35.0. The van der Waals surface area contributed by atoms with Gasteiger partial charge in [-0.25, -0.2) is 0 Å². The van der Waals surface area contributed by atoms with Crippen molar-refractivity contribution in [2.45, 2.75) is 25.3 Å². The lowest BCUT2D eigenvalue weighted by Crippen LogP contribution is -2.47. The summed E-state index contributed by atoms with van der Waals surface area (Å²) >= 11 is 0. The van der Waals surface area contributed by atoms with Gasteiger partial charge in [-0.2, -0.15) is 0 Å². The maximum atomic E-state index is 12.5. The van der Waals surface area contributed by atoms with Crippen LogP contribution >= 0.6 is 0 Å². The quantitative estimate of drug-likeness (QED) is 0.519. The number of nitrogens with one attached hydrogen (secondary N) is 1. The van der Waals surface area contributed by atoms with Crippen molar-refractivity contribution in [1.29, 1.82) is 0 Å². The zero-order chi connectivity index (χ0) is 16.6. The SMILES string of the molecule is COC(=O)[C@H]1[C@H]2CC[C@@H](C2)[C@H]1NC(=O)c1ccccc1[N+](=O)[O-]. The summed E-state index contributed by atoms with van der Waals surface area (Å²) in [6.07, 6.45) is 2.81. The monoisotopic (exact) mass is 318 g/mol. The molecule has 0 saturated heterocycles. The number of nitro benzene ring substituents is 1. The average Bonchev–Trinajstić information content (AvgIpc) is 3.15. The number of hydrogen-bond acceptors (Lipinski definition) is 5. The molecule has 0 aliphatic heterocycles. The fraction of sp³-hybridized carbons (Fsp3) is 0.500. The Balaban J connectivity index is 1.82. The van der Waals surface area contributed by atoms with E-state index in [1.54, 1.807) is 6.07 Å². The van der Waals surface area contributed by atoms with Crippen molar-refractivity contribution in [3.63, 3.8) is 0 Å². The van der Waals surface area contributed by atoms with Gasteiger partial charge in [-0.3, -0.25) is 19.7 Å². The minimum Gasteiger partial charge on any atom is -0.469 e. The standard InChI is InChI=1S/C16H18N2O5/c1-23-16(20)13-9-6-7-10(8-9)14(13)17-15(19)11-4-2-3-5-12(11)18(21)22/h2-5,9-10,13-14H,6-8H2,1H3,(H,17,19)/t9-,10-,13-,14+/m0/s1. The van der Waals surface area contributed by atoms with E-state index in [0.29, 0.717) is 0 Å². The Bertz CT molecular complexity index is 660. The Morgan fingerprint density at radius 2 is 1.96 bits per heavy atom. The smallest absolute Gasteiger partial charge is 0.311 e. The van der Waals surface area contributed by atoms with E-state index in [1.165, 1.54) is 25.3 Å². The number of nitro groups is 1. The van der Waals surface area contributed by atoms with Gasteiger partial charge in [0.2, 0.25) is 0 Å². The van der Waals surface area contributed by atoms with Crippen LogP contribution < -0.4 is 5.32 Å². The van der Waals surface area contributed by atoms with Gasteiger partial charge in [0.15, 0.2) is 0 Å². The molecule has 1 aromatic carbocycles. The molecule has 2 fully saturated rings. The van der Waals surface area contributed by atoms with Crippen LogP contribution in [0.2, 0.25) is 0 Å². The molecular formula is C16H18N2O5. The second-order valence-corrected chi connectivity index (χ2v) is 6.16. The number of carbonyl (C=O) groups excluding carboxylic acids is 2. The number of esters is 1. The molecule has 0 unspecified atom stereocenters. The highest BCUT2D eigenvalue weighted by molar-refractivity contribution is 5.98. The van der Waals surface area contributed by atoms with Gasteiger partial charge < -0.3 is 10.1 Å². The number of methoxy groups -OCH3 is 1. The first-order valence-electron chi connectivity index (χ1n) is 7.65. The van der Waals surface area contributed by atoms with Crippen molar-refractivity contribution in [3.8, 4) is 0 Å². The van der Waals surface area contributed by atoms with Crippen LogP contribution in [-0.4, -0.2) is 30.0 Å². The molecule has 0 heterocycles. The van der Waals surface area contributed by atoms with Crippen LogP contribution in [0.15, 0.2) is 24.3 Å². The Morgan fingerprint density at radius 3 is 2.65 bits per heavy atom. The van der Waals surface area contributed by atoms with Crippen LogP contribution in [0.4, 0.5) is 5.69 Å². The number of para-hydroxylation sites is 1. The van der Waals surface area contributed by atoms with E-state index in [9.17, 15) is 19.7 Å². The molecule has 4 atom stereocenters. The molecule has 0 radical (unpaired) electrons. The van der Waals surface area contributed by atoms with E-state index >= 15 is 0 Å². The minimum atomic E-state index is -0.576. The van der Waals surface area contributed by atoms with E-state index in [4.69, 9.17) is 4.74 Å². The Hall–Kier alpha value is -2.44. The first kappa shape index (κ1) is 15.5. The summed E-state index contributed by atoms with van der Waals surface area (Å²) in [5.41, 5.74) is -0.216. The fourth-order valence-corrected chi connectivity index (χ4v) is 4.03. The number of rotatable bonds is 4. The minimum absolute atomic E-state index is 0.0175. The lowest BCUT2D eigenvalue weighted by Gasteiger charge is -2.29. The third kappa shape index (κ3) is 2.67. The second-order valence-electron chi connectivity index (χ2n) is 6.16. The predicted molar refractivity (Wildman–Crippen MR) is 80.7 cm³/mol. The molecule has 2 bridgehead atoms. The van der Waals surface area contributed by atoms with Crippen LogP contribution in [0.5, 0.6) is 0 Å². The van der Waals surface area contributed by atoms with Gasteiger partial charge in [0.1, 0.15) is 5.56 Å². The summed E-state index contributed by atoms with van der Waals surface area (Å²) in [5.74, 6) is -0.724. The van der Waals surface area contributed by atoms with Crippen molar-refractivity contribution in [2.75, 3.05) is 7.11 Å². The third-order valence-corrected chi connectivity index (χ3v) is 5.03. The summed E-state index contributed by atoms with van der Waals surface area (Å²) < 4.78 is 4.87. The Morgan fingerprint density at radius 1 is 1.26 bits per heavy atom. The van der Waals surface area contributed by atoms with Gasteiger partial charge in [-0.15, -0.1) is 0 Å². The van der Waals surface area contributed by atoms with Crippen molar-refractivity contribution >= 4 is 17.6 Å². The van der Waals surface area contributed by atoms with Gasteiger partial charge >= 0.3 is 5.97 Å². The first-order valence-corrected chi connectivity index (χ1v) is 7.65. The molecule has 1 aromatic rings. The molecule has 122 valence electrons. The molecule has 1 amide bonds. The van der Waals surface area contributed by atoms with Gasteiger partial charge in [0, 0.05) is 12.1 Å². The van der Waals surface area contributed by atoms with Crippen molar-refractivity contribution < 1.29 is 19.2 Å².